The van der Waals surface area contributed by atoms with E-state index >= 15 is 0 Å². The topological polar surface area (TPSA) is 37.4 Å². The molecule has 4 atom stereocenters. The highest BCUT2D eigenvalue weighted by molar-refractivity contribution is 5.96. The Kier molecular flexibility index (Phi) is 2.22. The summed E-state index contributed by atoms with van der Waals surface area (Å²) in [4.78, 5) is 26.1. The van der Waals surface area contributed by atoms with Crippen molar-refractivity contribution in [1.29, 1.82) is 0 Å². The van der Waals surface area contributed by atoms with Crippen molar-refractivity contribution in [2.45, 2.75) is 39.2 Å². The molecular weight excluding hydrogens is 214 g/mol. The zero-order valence-corrected chi connectivity index (χ0v) is 10.5. The zero-order valence-electron chi connectivity index (χ0n) is 10.5. The first kappa shape index (κ1) is 11.0. The molecule has 17 heavy (non-hydrogen) atoms. The maximum atomic E-state index is 12.1. The lowest BCUT2D eigenvalue weighted by atomic mass is 9.71. The Morgan fingerprint density at radius 3 is 2.94 bits per heavy atom. The van der Waals surface area contributed by atoms with Crippen molar-refractivity contribution in [2.24, 2.45) is 17.3 Å². The van der Waals surface area contributed by atoms with Crippen LogP contribution in [0.1, 0.15) is 33.1 Å². The molecule has 0 aromatic rings. The van der Waals surface area contributed by atoms with Crippen molar-refractivity contribution in [1.82, 2.24) is 4.90 Å². The van der Waals surface area contributed by atoms with Gasteiger partial charge in [-0.05, 0) is 18.4 Å². The van der Waals surface area contributed by atoms with E-state index in [9.17, 15) is 9.59 Å². The standard InChI is InChI=1S/C14H19NO2/c1-3-10-8-15-12-6-9(7-13(15)17)11(16)4-5-14(10,12)2/h4-5,9-10,12H,3,6-8H2,1-2H3/t9-,10-,12-,14-/m1/s1. The van der Waals surface area contributed by atoms with Gasteiger partial charge < -0.3 is 4.90 Å². The molecule has 3 rings (SSSR count). The Morgan fingerprint density at radius 2 is 2.24 bits per heavy atom. The van der Waals surface area contributed by atoms with Crippen LogP contribution in [0.15, 0.2) is 12.2 Å². The minimum atomic E-state index is -0.0579. The fourth-order valence-electron chi connectivity index (χ4n) is 3.94. The van der Waals surface area contributed by atoms with Crippen LogP contribution in [0.2, 0.25) is 0 Å². The molecule has 92 valence electrons. The van der Waals surface area contributed by atoms with Crippen LogP contribution in [0.25, 0.3) is 0 Å². The van der Waals surface area contributed by atoms with Gasteiger partial charge in [0.2, 0.25) is 5.91 Å². The highest BCUT2D eigenvalue weighted by Gasteiger charge is 2.54. The van der Waals surface area contributed by atoms with Gasteiger partial charge in [-0.25, -0.2) is 0 Å². The molecule has 3 aliphatic rings. The molecule has 3 nitrogen and oxygen atoms in total. The minimum Gasteiger partial charge on any atom is -0.338 e. The second kappa shape index (κ2) is 3.44. The second-order valence-corrected chi connectivity index (χ2v) is 5.91. The van der Waals surface area contributed by atoms with E-state index in [1.165, 1.54) is 0 Å². The van der Waals surface area contributed by atoms with Gasteiger partial charge in [-0.2, -0.15) is 0 Å². The average molecular weight is 233 g/mol. The van der Waals surface area contributed by atoms with E-state index in [0.29, 0.717) is 12.3 Å². The molecule has 3 heteroatoms. The lowest BCUT2D eigenvalue weighted by Gasteiger charge is -2.38. The predicted molar refractivity (Wildman–Crippen MR) is 64.3 cm³/mol. The predicted octanol–water partition coefficient (Wildman–Crippen LogP) is 1.78. The van der Waals surface area contributed by atoms with Gasteiger partial charge in [0.1, 0.15) is 0 Å². The fraction of sp³-hybridized carbons (Fsp3) is 0.714. The number of fused-ring (bicyclic) bond motifs is 1. The number of piperidine rings is 1. The normalized spacial score (nSPS) is 44.1. The number of nitrogens with zero attached hydrogens (tertiary/aromatic N) is 1. The van der Waals surface area contributed by atoms with Crippen molar-refractivity contribution in [3.63, 3.8) is 0 Å². The molecule has 0 aromatic carbocycles. The lowest BCUT2D eigenvalue weighted by Crippen LogP contribution is -2.47. The summed E-state index contributed by atoms with van der Waals surface area (Å²) < 4.78 is 0. The molecule has 0 unspecified atom stereocenters. The quantitative estimate of drug-likeness (QED) is 0.692. The minimum absolute atomic E-state index is 0.00917. The molecule has 0 N–H and O–H groups in total. The van der Waals surface area contributed by atoms with Crippen LogP contribution in [0, 0.1) is 17.3 Å². The van der Waals surface area contributed by atoms with Gasteiger partial charge in [0, 0.05) is 30.3 Å². The van der Waals surface area contributed by atoms with Crippen LogP contribution in [-0.2, 0) is 9.59 Å². The molecule has 1 aliphatic carbocycles. The van der Waals surface area contributed by atoms with Gasteiger partial charge in [-0.15, -0.1) is 0 Å². The van der Waals surface area contributed by atoms with Gasteiger partial charge in [-0.3, -0.25) is 9.59 Å². The zero-order chi connectivity index (χ0) is 12.2. The van der Waals surface area contributed by atoms with Crippen molar-refractivity contribution in [3.8, 4) is 0 Å². The fourth-order valence-corrected chi connectivity index (χ4v) is 3.94. The first-order valence-electron chi connectivity index (χ1n) is 6.58. The van der Waals surface area contributed by atoms with Crippen LogP contribution < -0.4 is 0 Å². The maximum absolute atomic E-state index is 12.1. The third kappa shape index (κ3) is 1.34. The maximum Gasteiger partial charge on any atom is 0.223 e. The molecular formula is C14H19NO2. The summed E-state index contributed by atoms with van der Waals surface area (Å²) in [5, 5.41) is 0. The van der Waals surface area contributed by atoms with Gasteiger partial charge >= 0.3 is 0 Å². The van der Waals surface area contributed by atoms with E-state index in [1.807, 2.05) is 4.90 Å². The number of carbonyl (C=O) groups is 2. The summed E-state index contributed by atoms with van der Waals surface area (Å²) in [6.07, 6.45) is 6.19. The number of ketones is 1. The molecule has 0 radical (unpaired) electrons. The van der Waals surface area contributed by atoms with E-state index in [0.717, 1.165) is 19.4 Å². The highest BCUT2D eigenvalue weighted by atomic mass is 16.2. The van der Waals surface area contributed by atoms with Crippen molar-refractivity contribution >= 4 is 11.7 Å². The molecule has 2 fully saturated rings. The lowest BCUT2D eigenvalue weighted by molar-refractivity contribution is -0.140. The van der Waals surface area contributed by atoms with Gasteiger partial charge in [0.05, 0.1) is 0 Å². The molecule has 2 bridgehead atoms. The number of amides is 1. The van der Waals surface area contributed by atoms with E-state index in [-0.39, 0.29) is 29.1 Å². The number of hydrogen-bond acceptors (Lipinski definition) is 2. The Morgan fingerprint density at radius 1 is 1.47 bits per heavy atom. The van der Waals surface area contributed by atoms with Crippen molar-refractivity contribution in [2.75, 3.05) is 6.54 Å². The molecule has 2 heterocycles. The van der Waals surface area contributed by atoms with Crippen molar-refractivity contribution in [3.05, 3.63) is 12.2 Å². The monoisotopic (exact) mass is 233 g/mol. The summed E-state index contributed by atoms with van der Waals surface area (Å²) in [5.41, 5.74) is 0.00917. The number of rotatable bonds is 1. The third-order valence-electron chi connectivity index (χ3n) is 5.14. The summed E-state index contributed by atoms with van der Waals surface area (Å²) in [6.45, 7) is 5.27. The Labute approximate surface area is 102 Å². The molecule has 0 spiro atoms. The van der Waals surface area contributed by atoms with Crippen LogP contribution in [0.3, 0.4) is 0 Å². The summed E-state index contributed by atoms with van der Waals surface area (Å²) in [5.74, 6) is 0.781. The highest BCUT2D eigenvalue weighted by Crippen LogP contribution is 2.50. The van der Waals surface area contributed by atoms with Crippen molar-refractivity contribution < 1.29 is 9.59 Å². The summed E-state index contributed by atoms with van der Waals surface area (Å²) in [6, 6.07) is 0.251. The van der Waals surface area contributed by atoms with Crippen LogP contribution in [0.4, 0.5) is 0 Å². The smallest absolute Gasteiger partial charge is 0.223 e. The molecule has 2 aliphatic heterocycles. The Balaban J connectivity index is 2.08. The van der Waals surface area contributed by atoms with Gasteiger partial charge in [-0.1, -0.05) is 26.3 Å². The third-order valence-corrected chi connectivity index (χ3v) is 5.14. The van der Waals surface area contributed by atoms with Gasteiger partial charge in [0.25, 0.3) is 0 Å². The van der Waals surface area contributed by atoms with E-state index in [1.54, 1.807) is 6.08 Å². The molecule has 1 amide bonds. The number of allylic oxidation sites excluding steroid dienone is 1. The molecule has 0 aromatic heterocycles. The Hall–Kier alpha value is -1.12. The largest absolute Gasteiger partial charge is 0.338 e. The number of hydrogen-bond donors (Lipinski definition) is 0. The van der Waals surface area contributed by atoms with Crippen LogP contribution in [0.5, 0.6) is 0 Å². The number of carbonyl (C=O) groups excluding carboxylic acids is 2. The van der Waals surface area contributed by atoms with Crippen LogP contribution >= 0.6 is 0 Å². The average Bonchev–Trinajstić information content (AvgIpc) is 2.55. The van der Waals surface area contributed by atoms with E-state index < -0.39 is 0 Å². The summed E-state index contributed by atoms with van der Waals surface area (Å²) in [7, 11) is 0. The van der Waals surface area contributed by atoms with E-state index in [4.69, 9.17) is 0 Å². The molecule has 0 saturated carbocycles. The summed E-state index contributed by atoms with van der Waals surface area (Å²) >= 11 is 0. The Bertz CT molecular complexity index is 414. The SMILES string of the molecule is CC[C@@H]1CN2C(=O)C[C@H]3C[C@@H]2[C@]1(C)C=CC3=O. The second-order valence-electron chi connectivity index (χ2n) is 5.91. The van der Waals surface area contributed by atoms with Gasteiger partial charge in [0.15, 0.2) is 5.78 Å². The first-order valence-corrected chi connectivity index (χ1v) is 6.58. The first-order chi connectivity index (χ1) is 8.06. The van der Waals surface area contributed by atoms with Crippen LogP contribution in [-0.4, -0.2) is 29.2 Å². The molecule has 2 saturated heterocycles. The van der Waals surface area contributed by atoms with E-state index in [2.05, 4.69) is 19.9 Å².